The highest BCUT2D eigenvalue weighted by atomic mass is 16.5. The molecule has 0 aliphatic carbocycles. The van der Waals surface area contributed by atoms with Gasteiger partial charge in [-0.2, -0.15) is 0 Å². The Morgan fingerprint density at radius 1 is 1.16 bits per heavy atom. The summed E-state index contributed by atoms with van der Waals surface area (Å²) in [6.07, 6.45) is 5.10. The Morgan fingerprint density at radius 3 is 2.42 bits per heavy atom. The maximum Gasteiger partial charge on any atom is 0.124 e. The summed E-state index contributed by atoms with van der Waals surface area (Å²) >= 11 is 0. The molecule has 106 valence electrons. The Morgan fingerprint density at radius 2 is 1.79 bits per heavy atom. The number of ether oxygens (including phenoxy) is 1. The van der Waals surface area contributed by atoms with E-state index in [2.05, 4.69) is 4.90 Å². The second kappa shape index (κ2) is 6.40. The summed E-state index contributed by atoms with van der Waals surface area (Å²) in [6, 6.07) is 7.75. The van der Waals surface area contributed by atoms with E-state index >= 15 is 0 Å². The first-order valence-corrected chi connectivity index (χ1v) is 7.22. The van der Waals surface area contributed by atoms with Crippen LogP contribution in [0, 0.1) is 0 Å². The number of β-amino-alcohol motifs (C(OH)–C–C–N with tert-alkyl or cyclic N) is 1. The zero-order chi connectivity index (χ0) is 13.7. The van der Waals surface area contributed by atoms with Crippen molar-refractivity contribution in [1.82, 2.24) is 4.90 Å². The Labute approximate surface area is 116 Å². The van der Waals surface area contributed by atoms with Crippen LogP contribution in [0.4, 0.5) is 0 Å². The van der Waals surface area contributed by atoms with Crippen LogP contribution in [-0.4, -0.2) is 36.8 Å². The number of aliphatic hydroxyl groups is 1. The van der Waals surface area contributed by atoms with E-state index in [1.165, 1.54) is 25.7 Å². The van der Waals surface area contributed by atoms with Crippen LogP contribution in [0.1, 0.15) is 38.2 Å². The molecule has 1 aliphatic heterocycles. The second-order valence-corrected chi connectivity index (χ2v) is 5.66. The van der Waals surface area contributed by atoms with Gasteiger partial charge in [-0.25, -0.2) is 0 Å². The molecule has 1 aromatic rings. The zero-order valence-electron chi connectivity index (χ0n) is 12.1. The fourth-order valence-electron chi connectivity index (χ4n) is 2.90. The summed E-state index contributed by atoms with van der Waals surface area (Å²) in [5, 5.41) is 10.8. The lowest BCUT2D eigenvalue weighted by Crippen LogP contribution is -2.39. The highest BCUT2D eigenvalue weighted by Gasteiger charge is 2.29. The van der Waals surface area contributed by atoms with Gasteiger partial charge in [-0.05, 0) is 38.9 Å². The average molecular weight is 263 g/mol. The van der Waals surface area contributed by atoms with Crippen molar-refractivity contribution in [2.45, 2.75) is 38.2 Å². The van der Waals surface area contributed by atoms with Crippen molar-refractivity contribution in [3.63, 3.8) is 0 Å². The number of nitrogens with zero attached hydrogens (tertiary/aromatic N) is 1. The van der Waals surface area contributed by atoms with E-state index in [-0.39, 0.29) is 0 Å². The van der Waals surface area contributed by atoms with Gasteiger partial charge < -0.3 is 14.7 Å². The van der Waals surface area contributed by atoms with Crippen LogP contribution >= 0.6 is 0 Å². The van der Waals surface area contributed by atoms with E-state index in [4.69, 9.17) is 4.74 Å². The minimum absolute atomic E-state index is 0.674. The molecular weight excluding hydrogens is 238 g/mol. The van der Waals surface area contributed by atoms with Gasteiger partial charge in [0.25, 0.3) is 0 Å². The summed E-state index contributed by atoms with van der Waals surface area (Å²) < 4.78 is 5.37. The highest BCUT2D eigenvalue weighted by Crippen LogP contribution is 2.30. The fraction of sp³-hybridized carbons (Fsp3) is 0.625. The van der Waals surface area contributed by atoms with Gasteiger partial charge in [-0.15, -0.1) is 0 Å². The molecule has 2 rings (SSSR count). The molecule has 1 unspecified atom stereocenters. The van der Waals surface area contributed by atoms with Crippen LogP contribution in [0.2, 0.25) is 0 Å². The van der Waals surface area contributed by atoms with Gasteiger partial charge in [0.05, 0.1) is 7.11 Å². The van der Waals surface area contributed by atoms with Crippen molar-refractivity contribution in [3.05, 3.63) is 29.8 Å². The van der Waals surface area contributed by atoms with Gasteiger partial charge in [-0.1, -0.05) is 31.0 Å². The van der Waals surface area contributed by atoms with Gasteiger partial charge in [0.15, 0.2) is 0 Å². The summed E-state index contributed by atoms with van der Waals surface area (Å²) in [6.45, 7) is 4.74. The van der Waals surface area contributed by atoms with Crippen LogP contribution in [0.15, 0.2) is 24.3 Å². The monoisotopic (exact) mass is 263 g/mol. The van der Waals surface area contributed by atoms with Crippen molar-refractivity contribution in [1.29, 1.82) is 0 Å². The second-order valence-electron chi connectivity index (χ2n) is 5.66. The van der Waals surface area contributed by atoms with Gasteiger partial charge in [0.2, 0.25) is 0 Å². The fourth-order valence-corrected chi connectivity index (χ4v) is 2.90. The molecule has 1 aliphatic rings. The Bertz CT molecular complexity index is 395. The molecule has 19 heavy (non-hydrogen) atoms. The minimum atomic E-state index is -0.864. The molecule has 0 saturated carbocycles. The molecule has 1 N–H and O–H groups in total. The van der Waals surface area contributed by atoms with Gasteiger partial charge in [0.1, 0.15) is 11.4 Å². The number of likely N-dealkylation sites (tertiary alicyclic amines) is 1. The quantitative estimate of drug-likeness (QED) is 0.906. The molecule has 1 atom stereocenters. The zero-order valence-corrected chi connectivity index (χ0v) is 12.1. The van der Waals surface area contributed by atoms with E-state index in [9.17, 15) is 5.11 Å². The molecule has 3 heteroatoms. The van der Waals surface area contributed by atoms with Crippen LogP contribution in [0.5, 0.6) is 5.75 Å². The number of methoxy groups -OCH3 is 1. The predicted molar refractivity (Wildman–Crippen MR) is 77.5 cm³/mol. The van der Waals surface area contributed by atoms with Crippen LogP contribution in [0.3, 0.4) is 0 Å². The summed E-state index contributed by atoms with van der Waals surface area (Å²) in [5.74, 6) is 0.766. The van der Waals surface area contributed by atoms with Gasteiger partial charge >= 0.3 is 0 Å². The number of benzene rings is 1. The van der Waals surface area contributed by atoms with E-state index in [0.29, 0.717) is 6.54 Å². The van der Waals surface area contributed by atoms with E-state index in [1.807, 2.05) is 31.2 Å². The number of para-hydroxylation sites is 1. The topological polar surface area (TPSA) is 32.7 Å². The lowest BCUT2D eigenvalue weighted by Gasteiger charge is -2.32. The molecule has 1 fully saturated rings. The first-order valence-electron chi connectivity index (χ1n) is 7.22. The lowest BCUT2D eigenvalue weighted by atomic mass is 9.94. The highest BCUT2D eigenvalue weighted by molar-refractivity contribution is 5.37. The third-order valence-corrected chi connectivity index (χ3v) is 3.92. The lowest BCUT2D eigenvalue weighted by molar-refractivity contribution is 0.0149. The van der Waals surface area contributed by atoms with Crippen molar-refractivity contribution >= 4 is 0 Å². The average Bonchev–Trinajstić information content (AvgIpc) is 2.67. The maximum atomic E-state index is 10.8. The number of hydrogen-bond donors (Lipinski definition) is 1. The summed E-state index contributed by atoms with van der Waals surface area (Å²) in [7, 11) is 1.65. The van der Waals surface area contributed by atoms with Crippen molar-refractivity contribution < 1.29 is 9.84 Å². The van der Waals surface area contributed by atoms with Crippen LogP contribution in [-0.2, 0) is 5.60 Å². The first-order chi connectivity index (χ1) is 9.13. The number of hydrogen-bond acceptors (Lipinski definition) is 3. The molecule has 0 spiro atoms. The standard InChI is InChI=1S/C16H25NO2/c1-16(18,13-17-11-7-3-4-8-12-17)14-9-5-6-10-15(14)19-2/h5-6,9-10,18H,3-4,7-8,11-13H2,1-2H3. The maximum absolute atomic E-state index is 10.8. The van der Waals surface area contributed by atoms with E-state index < -0.39 is 5.60 Å². The number of rotatable bonds is 4. The smallest absolute Gasteiger partial charge is 0.124 e. The van der Waals surface area contributed by atoms with Gasteiger partial charge in [0, 0.05) is 12.1 Å². The molecule has 1 aromatic carbocycles. The minimum Gasteiger partial charge on any atom is -0.496 e. The SMILES string of the molecule is COc1ccccc1C(C)(O)CN1CCCCCC1. The van der Waals surface area contributed by atoms with Crippen molar-refractivity contribution in [3.8, 4) is 5.75 Å². The summed E-state index contributed by atoms with van der Waals surface area (Å²) in [5.41, 5.74) is 0.0125. The van der Waals surface area contributed by atoms with Crippen LogP contribution < -0.4 is 4.74 Å². The Kier molecular flexibility index (Phi) is 4.83. The molecular formula is C16H25NO2. The van der Waals surface area contributed by atoms with Gasteiger partial charge in [-0.3, -0.25) is 0 Å². The molecule has 0 radical (unpaired) electrons. The Balaban J connectivity index is 2.11. The molecule has 3 nitrogen and oxygen atoms in total. The summed E-state index contributed by atoms with van der Waals surface area (Å²) in [4.78, 5) is 2.37. The van der Waals surface area contributed by atoms with Crippen molar-refractivity contribution in [2.24, 2.45) is 0 Å². The first kappa shape index (κ1) is 14.4. The molecule has 0 aromatic heterocycles. The third-order valence-electron chi connectivity index (χ3n) is 3.92. The molecule has 0 amide bonds. The van der Waals surface area contributed by atoms with E-state index in [1.54, 1.807) is 7.11 Å². The Hall–Kier alpha value is -1.06. The van der Waals surface area contributed by atoms with E-state index in [0.717, 1.165) is 24.4 Å². The normalized spacial score (nSPS) is 20.6. The molecule has 0 bridgehead atoms. The largest absolute Gasteiger partial charge is 0.496 e. The third kappa shape index (κ3) is 3.71. The van der Waals surface area contributed by atoms with Crippen molar-refractivity contribution in [2.75, 3.05) is 26.7 Å². The molecule has 1 saturated heterocycles. The molecule has 1 heterocycles. The predicted octanol–water partition coefficient (Wildman–Crippen LogP) is 2.78. The van der Waals surface area contributed by atoms with Crippen LogP contribution in [0.25, 0.3) is 0 Å².